The SMILES string of the molecule is C[C](C)=[Ti+2]([C]1=CC=CC1)[c]1cc(-c2c(C)cc(C)cc2C)cc2c1Cc1ccc(-c3c(C)cc(C)cc3C)cc1-2.[Cl-].[Cl-]. The van der Waals surface area contributed by atoms with Gasteiger partial charge in [0.1, 0.15) is 0 Å². The largest absolute Gasteiger partial charge is 1.00 e. The smallest absolute Gasteiger partial charge is 1.00 e. The zero-order valence-electron chi connectivity index (χ0n) is 26.1. The van der Waals surface area contributed by atoms with Crippen molar-refractivity contribution < 1.29 is 42.2 Å². The second-order valence-electron chi connectivity index (χ2n) is 12.3. The van der Waals surface area contributed by atoms with Crippen LogP contribution in [0.15, 0.2) is 76.7 Å². The molecule has 0 amide bonds. The maximum absolute atomic E-state index is 2.60. The number of hydrogen-bond donors (Lipinski definition) is 0. The van der Waals surface area contributed by atoms with E-state index in [4.69, 9.17) is 0 Å². The first-order valence-electron chi connectivity index (χ1n) is 14.6. The van der Waals surface area contributed by atoms with E-state index in [1.807, 2.05) is 0 Å². The minimum Gasteiger partial charge on any atom is -1.00 e. The molecular weight excluding hydrogens is 587 g/mol. The van der Waals surface area contributed by atoms with Gasteiger partial charge in [0.2, 0.25) is 0 Å². The molecule has 0 atom stereocenters. The first-order valence-corrected chi connectivity index (χ1v) is 17.0. The summed E-state index contributed by atoms with van der Waals surface area (Å²) >= 11 is -1.83. The molecule has 42 heavy (non-hydrogen) atoms. The minimum absolute atomic E-state index is 0. The van der Waals surface area contributed by atoms with Crippen LogP contribution in [-0.2, 0) is 23.8 Å². The standard InChI is InChI=1S/C31H29.C5H5.C3H6.2ClH.Ti/c1-18-11-20(3)30(21(4)12-18)26-9-7-24-15-25-8-10-27(17-29(25)28(24)16-26)31-22(5)13-19(2)14-23(31)6;1-2-4-5-3-1;1-3-2;;;/h7,9-14,16-17H,15H2,1-6H3;1-3H,4H2;1-2H3;2*1H;/q;;;;;+2/p-2. The minimum atomic E-state index is -1.83. The van der Waals surface area contributed by atoms with E-state index in [0.717, 1.165) is 12.8 Å². The molecule has 0 fully saturated rings. The normalized spacial score (nSPS) is 12.5. The third-order valence-electron chi connectivity index (χ3n) is 8.81. The molecule has 0 saturated carbocycles. The number of allylic oxidation sites excluding steroid dienone is 4. The van der Waals surface area contributed by atoms with Gasteiger partial charge in [0.25, 0.3) is 0 Å². The van der Waals surface area contributed by atoms with Crippen LogP contribution in [-0.4, -0.2) is 3.81 Å². The predicted octanol–water partition coefficient (Wildman–Crippen LogP) is 3.75. The average Bonchev–Trinajstić information content (AvgIpc) is 3.51. The molecular formula is C39H40Cl2Ti. The Morgan fingerprint density at radius 2 is 1.19 bits per heavy atom. The van der Waals surface area contributed by atoms with Crippen molar-refractivity contribution in [2.24, 2.45) is 0 Å². The maximum Gasteiger partial charge on any atom is -1.00 e. The van der Waals surface area contributed by atoms with Crippen LogP contribution in [0.4, 0.5) is 0 Å². The van der Waals surface area contributed by atoms with Gasteiger partial charge < -0.3 is 24.8 Å². The number of hydrogen-bond acceptors (Lipinski definition) is 0. The van der Waals surface area contributed by atoms with E-state index >= 15 is 0 Å². The molecule has 4 aromatic rings. The summed E-state index contributed by atoms with van der Waals surface area (Å²) in [5.74, 6) is 0. The predicted molar refractivity (Wildman–Crippen MR) is 172 cm³/mol. The summed E-state index contributed by atoms with van der Waals surface area (Å²) in [5.41, 5.74) is 19.6. The van der Waals surface area contributed by atoms with Crippen LogP contribution in [0.5, 0.6) is 0 Å². The molecule has 0 aliphatic heterocycles. The van der Waals surface area contributed by atoms with Crippen LogP contribution in [0.2, 0.25) is 0 Å². The van der Waals surface area contributed by atoms with Gasteiger partial charge in [-0.3, -0.25) is 0 Å². The second-order valence-corrected chi connectivity index (χ2v) is 16.9. The fourth-order valence-corrected chi connectivity index (χ4v) is 12.0. The van der Waals surface area contributed by atoms with Crippen molar-refractivity contribution in [2.75, 3.05) is 0 Å². The second kappa shape index (κ2) is 12.6. The Morgan fingerprint density at radius 1 is 0.643 bits per heavy atom. The maximum atomic E-state index is 2.60. The van der Waals surface area contributed by atoms with Gasteiger partial charge in [0.05, 0.1) is 0 Å². The van der Waals surface area contributed by atoms with E-state index in [9.17, 15) is 0 Å². The number of fused-ring (bicyclic) bond motifs is 3. The molecule has 0 aromatic heterocycles. The van der Waals surface area contributed by atoms with Crippen LogP contribution in [0.3, 0.4) is 0 Å². The zero-order valence-corrected chi connectivity index (χ0v) is 29.2. The van der Waals surface area contributed by atoms with Crippen LogP contribution in [0.25, 0.3) is 33.4 Å². The summed E-state index contributed by atoms with van der Waals surface area (Å²) < 4.78 is 4.97. The Bertz CT molecular complexity index is 1770. The van der Waals surface area contributed by atoms with E-state index in [1.165, 1.54) is 72.3 Å². The molecule has 0 spiro atoms. The Balaban J connectivity index is 0.00000202. The van der Waals surface area contributed by atoms with Crippen molar-refractivity contribution in [2.45, 2.75) is 68.2 Å². The molecule has 2 aliphatic rings. The molecule has 214 valence electrons. The number of halogens is 2. The molecule has 0 saturated heterocycles. The van der Waals surface area contributed by atoms with Gasteiger partial charge in [-0.1, -0.05) is 0 Å². The van der Waals surface area contributed by atoms with Gasteiger partial charge in [0.15, 0.2) is 0 Å². The first kappa shape index (κ1) is 32.4. The van der Waals surface area contributed by atoms with E-state index in [-0.39, 0.29) is 24.8 Å². The Hall–Kier alpha value is -2.48. The quantitative estimate of drug-likeness (QED) is 0.267. The Kier molecular flexibility index (Phi) is 9.76. The van der Waals surface area contributed by atoms with Crippen molar-refractivity contribution in [1.29, 1.82) is 0 Å². The summed E-state index contributed by atoms with van der Waals surface area (Å²) in [4.78, 5) is 0. The number of rotatable bonds is 4. The molecule has 6 rings (SSSR count). The zero-order chi connectivity index (χ0) is 28.3. The van der Waals surface area contributed by atoms with Crippen molar-refractivity contribution in [1.82, 2.24) is 0 Å². The summed E-state index contributed by atoms with van der Waals surface area (Å²) in [6, 6.07) is 21.7. The molecule has 0 unspecified atom stereocenters. The van der Waals surface area contributed by atoms with Crippen molar-refractivity contribution in [3.63, 3.8) is 0 Å². The average molecular weight is 628 g/mol. The first-order chi connectivity index (χ1) is 19.1. The van der Waals surface area contributed by atoms with Gasteiger partial charge >= 0.3 is 248 Å². The molecule has 0 nitrogen and oxygen atoms in total. The van der Waals surface area contributed by atoms with Crippen LogP contribution >= 0.6 is 0 Å². The van der Waals surface area contributed by atoms with Crippen molar-refractivity contribution in [3.05, 3.63) is 121 Å². The van der Waals surface area contributed by atoms with Gasteiger partial charge in [0, 0.05) is 0 Å². The van der Waals surface area contributed by atoms with E-state index < -0.39 is 17.4 Å². The summed E-state index contributed by atoms with van der Waals surface area (Å²) in [6.45, 7) is 18.3. The van der Waals surface area contributed by atoms with E-state index in [0.29, 0.717) is 0 Å². The molecule has 0 radical (unpaired) electrons. The fourth-order valence-electron chi connectivity index (χ4n) is 7.46. The summed E-state index contributed by atoms with van der Waals surface area (Å²) in [5, 5.41) is 0. The van der Waals surface area contributed by atoms with Crippen molar-refractivity contribution in [3.8, 4) is 33.4 Å². The Labute approximate surface area is 271 Å². The van der Waals surface area contributed by atoms with E-state index in [2.05, 4.69) is 128 Å². The Morgan fingerprint density at radius 3 is 1.71 bits per heavy atom. The van der Waals surface area contributed by atoms with E-state index in [1.54, 1.807) is 17.1 Å². The third-order valence-corrected chi connectivity index (χ3v) is 13.5. The van der Waals surface area contributed by atoms with Crippen LogP contribution < -0.4 is 28.7 Å². The molecule has 0 N–H and O–H groups in total. The summed E-state index contributed by atoms with van der Waals surface area (Å²) in [6.07, 6.45) is 9.20. The van der Waals surface area contributed by atoms with Gasteiger partial charge in [-0.2, -0.15) is 0 Å². The van der Waals surface area contributed by atoms with Gasteiger partial charge in [-0.15, -0.1) is 0 Å². The number of aryl methyl sites for hydroxylation is 6. The number of benzene rings is 4. The third kappa shape index (κ3) is 5.72. The summed E-state index contributed by atoms with van der Waals surface area (Å²) in [7, 11) is 0. The molecule has 3 heteroatoms. The van der Waals surface area contributed by atoms with Crippen LogP contribution in [0, 0.1) is 41.5 Å². The fraction of sp³-hybridized carbons (Fsp3) is 0.256. The molecule has 4 aromatic carbocycles. The van der Waals surface area contributed by atoms with Crippen LogP contribution in [0.1, 0.15) is 64.8 Å². The molecule has 0 heterocycles. The molecule has 2 aliphatic carbocycles. The van der Waals surface area contributed by atoms with Gasteiger partial charge in [-0.05, 0) is 0 Å². The topological polar surface area (TPSA) is 0 Å². The molecule has 0 bridgehead atoms. The monoisotopic (exact) mass is 626 g/mol. The van der Waals surface area contributed by atoms with Gasteiger partial charge in [-0.25, -0.2) is 0 Å². The van der Waals surface area contributed by atoms with Crippen molar-refractivity contribution >= 4 is 7.68 Å².